The normalized spacial score (nSPS) is 31.0. The summed E-state index contributed by atoms with van der Waals surface area (Å²) < 4.78 is 0. The van der Waals surface area contributed by atoms with Gasteiger partial charge in [-0.25, -0.2) is 0 Å². The number of carbonyl (C=O) groups is 1. The molecule has 2 aliphatic rings. The third kappa shape index (κ3) is 4.72. The second-order valence-electron chi connectivity index (χ2n) is 5.75. The van der Waals surface area contributed by atoms with E-state index in [-0.39, 0.29) is 17.7 Å². The molecule has 1 saturated heterocycles. The average Bonchev–Trinajstić information content (AvgIpc) is 2.48. The zero-order chi connectivity index (χ0) is 14.3. The van der Waals surface area contributed by atoms with E-state index in [1.165, 1.54) is 12.8 Å². The van der Waals surface area contributed by atoms with Crippen molar-refractivity contribution in [3.8, 4) is 0 Å². The van der Waals surface area contributed by atoms with Gasteiger partial charge in [0.25, 0.3) is 0 Å². The predicted octanol–water partition coefficient (Wildman–Crippen LogP) is 3.57. The minimum Gasteiger partial charge on any atom is -0.307 e. The molecule has 0 radical (unpaired) electrons. The van der Waals surface area contributed by atoms with Gasteiger partial charge in [0.2, 0.25) is 0 Å². The van der Waals surface area contributed by atoms with Crippen LogP contribution in [0.2, 0.25) is 0 Å². The fraction of sp³-hybridized carbons (Fsp3) is 0.875. The van der Waals surface area contributed by atoms with E-state index in [0.29, 0.717) is 11.6 Å². The van der Waals surface area contributed by atoms with Crippen molar-refractivity contribution in [2.75, 3.05) is 6.54 Å². The molecule has 0 spiro atoms. The number of carbonyl (C=O) groups excluding carboxylic acids is 1. The molecule has 1 saturated carbocycles. The fourth-order valence-corrected chi connectivity index (χ4v) is 3.16. The Balaban J connectivity index is 0.000000861. The van der Waals surface area contributed by atoms with Gasteiger partial charge in [-0.15, -0.1) is 0 Å². The first kappa shape index (κ1) is 16.4. The number of rotatable bonds is 3. The lowest BCUT2D eigenvalue weighted by molar-refractivity contribution is -0.115. The molecule has 110 valence electrons. The van der Waals surface area contributed by atoms with Crippen LogP contribution in [0.15, 0.2) is 0 Å². The Morgan fingerprint density at radius 2 is 1.84 bits per heavy atom. The maximum Gasteiger partial charge on any atom is 0.193 e. The third-order valence-electron chi connectivity index (χ3n) is 4.24. The Morgan fingerprint density at radius 1 is 1.11 bits per heavy atom. The standard InChI is InChI=1S/C14H24N2O.C2H6/c1-10-5-4-6-11(9-10)13(15)14(17)12-7-2-3-8-16-12;1-2/h10-12,15-16H,2-9H2,1H3;1-2H3. The van der Waals surface area contributed by atoms with E-state index in [0.717, 1.165) is 38.6 Å². The SMILES string of the molecule is CC.CC1CCCC(C(=N)C(=O)C2CCCCN2)C1. The summed E-state index contributed by atoms with van der Waals surface area (Å²) in [4.78, 5) is 12.2. The number of Topliss-reactive ketones (excluding diaryl/α,β-unsaturated/α-hetero) is 1. The van der Waals surface area contributed by atoms with Crippen LogP contribution in [0.1, 0.15) is 65.7 Å². The van der Waals surface area contributed by atoms with Crippen molar-refractivity contribution < 1.29 is 4.79 Å². The average molecular weight is 266 g/mol. The molecule has 3 nitrogen and oxygen atoms in total. The van der Waals surface area contributed by atoms with Gasteiger partial charge in [-0.2, -0.15) is 0 Å². The Kier molecular flexibility index (Phi) is 7.29. The van der Waals surface area contributed by atoms with Gasteiger partial charge in [0.15, 0.2) is 5.78 Å². The van der Waals surface area contributed by atoms with Crippen LogP contribution in [0.25, 0.3) is 0 Å². The summed E-state index contributed by atoms with van der Waals surface area (Å²) in [6.07, 6.45) is 7.73. The highest BCUT2D eigenvalue weighted by atomic mass is 16.1. The predicted molar refractivity (Wildman–Crippen MR) is 80.8 cm³/mol. The molecule has 3 heteroatoms. The number of nitrogens with one attached hydrogen (secondary N) is 2. The molecule has 1 aliphatic carbocycles. The molecule has 1 aliphatic heterocycles. The fourth-order valence-electron chi connectivity index (χ4n) is 3.16. The molecule has 0 bridgehead atoms. The molecule has 2 fully saturated rings. The lowest BCUT2D eigenvalue weighted by Gasteiger charge is -2.29. The molecular weight excluding hydrogens is 236 g/mol. The van der Waals surface area contributed by atoms with Gasteiger partial charge in [0.05, 0.1) is 11.8 Å². The van der Waals surface area contributed by atoms with Gasteiger partial charge >= 0.3 is 0 Å². The van der Waals surface area contributed by atoms with Gasteiger partial charge in [-0.1, -0.05) is 40.0 Å². The summed E-state index contributed by atoms with van der Waals surface area (Å²) in [6, 6.07) is -0.0616. The van der Waals surface area contributed by atoms with Gasteiger partial charge in [-0.05, 0) is 38.1 Å². The molecule has 1 heterocycles. The number of hydrogen-bond acceptors (Lipinski definition) is 3. The molecule has 3 atom stereocenters. The summed E-state index contributed by atoms with van der Waals surface area (Å²) >= 11 is 0. The first-order valence-electron chi connectivity index (χ1n) is 8.04. The van der Waals surface area contributed by atoms with Crippen LogP contribution in [0.5, 0.6) is 0 Å². The van der Waals surface area contributed by atoms with Crippen molar-refractivity contribution in [3.05, 3.63) is 0 Å². The van der Waals surface area contributed by atoms with Crippen molar-refractivity contribution >= 4 is 11.5 Å². The van der Waals surface area contributed by atoms with Gasteiger partial charge < -0.3 is 10.7 Å². The van der Waals surface area contributed by atoms with E-state index in [4.69, 9.17) is 5.41 Å². The van der Waals surface area contributed by atoms with E-state index >= 15 is 0 Å². The van der Waals surface area contributed by atoms with Gasteiger partial charge in [0.1, 0.15) is 0 Å². The second kappa shape index (κ2) is 8.47. The van der Waals surface area contributed by atoms with Crippen molar-refractivity contribution in [1.82, 2.24) is 5.32 Å². The summed E-state index contributed by atoms with van der Waals surface area (Å²) in [5.41, 5.74) is 0.399. The van der Waals surface area contributed by atoms with E-state index in [1.807, 2.05) is 13.8 Å². The molecule has 0 amide bonds. The zero-order valence-electron chi connectivity index (χ0n) is 12.8. The molecule has 0 aromatic rings. The van der Waals surface area contributed by atoms with E-state index in [1.54, 1.807) is 0 Å². The number of ketones is 1. The molecule has 3 unspecified atom stereocenters. The Bertz CT molecular complexity index is 295. The number of hydrogen-bond donors (Lipinski definition) is 2. The lowest BCUT2D eigenvalue weighted by Crippen LogP contribution is -2.45. The monoisotopic (exact) mass is 266 g/mol. The highest BCUT2D eigenvalue weighted by molar-refractivity contribution is 6.41. The summed E-state index contributed by atoms with van der Waals surface area (Å²) in [5, 5.41) is 11.4. The molecule has 2 N–H and O–H groups in total. The maximum absolute atomic E-state index is 12.2. The Morgan fingerprint density at radius 3 is 2.42 bits per heavy atom. The van der Waals surface area contributed by atoms with Crippen molar-refractivity contribution in [2.24, 2.45) is 11.8 Å². The number of piperidine rings is 1. The maximum atomic E-state index is 12.2. The van der Waals surface area contributed by atoms with Gasteiger partial charge in [0, 0.05) is 5.92 Å². The van der Waals surface area contributed by atoms with Gasteiger partial charge in [-0.3, -0.25) is 4.79 Å². The van der Waals surface area contributed by atoms with Crippen molar-refractivity contribution in [2.45, 2.75) is 71.8 Å². The zero-order valence-corrected chi connectivity index (χ0v) is 12.8. The highest BCUT2D eigenvalue weighted by Crippen LogP contribution is 2.30. The van der Waals surface area contributed by atoms with E-state index in [9.17, 15) is 4.79 Å². The first-order valence-corrected chi connectivity index (χ1v) is 8.04. The van der Waals surface area contributed by atoms with Crippen LogP contribution in [-0.2, 0) is 4.79 Å². The third-order valence-corrected chi connectivity index (χ3v) is 4.24. The topological polar surface area (TPSA) is 53.0 Å². The second-order valence-corrected chi connectivity index (χ2v) is 5.75. The van der Waals surface area contributed by atoms with Crippen LogP contribution < -0.4 is 5.32 Å². The minimum atomic E-state index is -0.0616. The van der Waals surface area contributed by atoms with Crippen molar-refractivity contribution in [1.29, 1.82) is 5.41 Å². The summed E-state index contributed by atoms with van der Waals surface area (Å²) in [5.74, 6) is 0.986. The van der Waals surface area contributed by atoms with E-state index in [2.05, 4.69) is 12.2 Å². The molecule has 2 rings (SSSR count). The van der Waals surface area contributed by atoms with Crippen molar-refractivity contribution in [3.63, 3.8) is 0 Å². The minimum absolute atomic E-state index is 0.0616. The molecule has 0 aromatic heterocycles. The summed E-state index contributed by atoms with van der Waals surface area (Å²) in [6.45, 7) is 7.17. The van der Waals surface area contributed by atoms with Crippen LogP contribution in [0.4, 0.5) is 0 Å². The first-order chi connectivity index (χ1) is 9.18. The summed E-state index contributed by atoms with van der Waals surface area (Å²) in [7, 11) is 0. The van der Waals surface area contributed by atoms with E-state index < -0.39 is 0 Å². The molecular formula is C16H30N2O. The Labute approximate surface area is 118 Å². The van der Waals surface area contributed by atoms with Crippen LogP contribution in [0, 0.1) is 17.2 Å². The van der Waals surface area contributed by atoms with Crippen LogP contribution in [-0.4, -0.2) is 24.1 Å². The lowest BCUT2D eigenvalue weighted by atomic mass is 9.78. The smallest absolute Gasteiger partial charge is 0.193 e. The largest absolute Gasteiger partial charge is 0.307 e. The molecule has 19 heavy (non-hydrogen) atoms. The Hall–Kier alpha value is -0.700. The van der Waals surface area contributed by atoms with Crippen LogP contribution in [0.3, 0.4) is 0 Å². The molecule has 0 aromatic carbocycles. The highest BCUT2D eigenvalue weighted by Gasteiger charge is 2.30. The van der Waals surface area contributed by atoms with Crippen LogP contribution >= 0.6 is 0 Å². The quantitative estimate of drug-likeness (QED) is 0.767.